The number of hydrogen-bond donors (Lipinski definition) is 1. The molecule has 0 heterocycles. The SMILES string of the molecule is C#CCCCC(COc1ccc(Cl)cc1)NCCC. The Hall–Kier alpha value is -1.17. The number of terminal acetylenes is 1. The highest BCUT2D eigenvalue weighted by atomic mass is 35.5. The van der Waals surface area contributed by atoms with Gasteiger partial charge in [-0.2, -0.15) is 0 Å². The normalized spacial score (nSPS) is 11.8. The third kappa shape index (κ3) is 7.10. The molecule has 1 unspecified atom stereocenters. The predicted octanol–water partition coefficient (Wildman–Crippen LogP) is 3.89. The Morgan fingerprint density at radius 1 is 1.37 bits per heavy atom. The van der Waals surface area contributed by atoms with Crippen LogP contribution in [-0.2, 0) is 0 Å². The number of benzene rings is 1. The minimum atomic E-state index is 0.351. The summed E-state index contributed by atoms with van der Waals surface area (Å²) in [5, 5.41) is 4.21. The standard InChI is InChI=1S/C16H22ClNO/c1-3-5-6-7-15(18-12-4-2)13-19-16-10-8-14(17)9-11-16/h1,8-11,15,18H,4-7,12-13H2,2H3. The van der Waals surface area contributed by atoms with Gasteiger partial charge in [-0.3, -0.25) is 0 Å². The molecule has 0 fully saturated rings. The lowest BCUT2D eigenvalue weighted by atomic mass is 10.1. The monoisotopic (exact) mass is 279 g/mol. The van der Waals surface area contributed by atoms with Gasteiger partial charge in [0.15, 0.2) is 0 Å². The summed E-state index contributed by atoms with van der Waals surface area (Å²) in [6.45, 7) is 3.82. The molecule has 1 N–H and O–H groups in total. The number of hydrogen-bond acceptors (Lipinski definition) is 2. The summed E-state index contributed by atoms with van der Waals surface area (Å²) in [6.07, 6.45) is 9.29. The highest BCUT2D eigenvalue weighted by Gasteiger charge is 2.08. The smallest absolute Gasteiger partial charge is 0.119 e. The molecule has 0 aliphatic heterocycles. The zero-order valence-electron chi connectivity index (χ0n) is 11.5. The molecule has 0 radical (unpaired) electrons. The molecule has 1 aromatic carbocycles. The van der Waals surface area contributed by atoms with Crippen LogP contribution in [0.2, 0.25) is 5.02 Å². The molecule has 0 saturated carbocycles. The van der Waals surface area contributed by atoms with E-state index >= 15 is 0 Å². The van der Waals surface area contributed by atoms with E-state index in [4.69, 9.17) is 22.8 Å². The van der Waals surface area contributed by atoms with Crippen LogP contribution in [0.3, 0.4) is 0 Å². The molecule has 1 aromatic rings. The van der Waals surface area contributed by atoms with E-state index < -0.39 is 0 Å². The highest BCUT2D eigenvalue weighted by molar-refractivity contribution is 6.30. The Balaban J connectivity index is 2.38. The summed E-state index contributed by atoms with van der Waals surface area (Å²) in [6, 6.07) is 7.80. The molecule has 0 amide bonds. The third-order valence-corrected chi connectivity index (χ3v) is 3.07. The Morgan fingerprint density at radius 3 is 2.74 bits per heavy atom. The van der Waals surface area contributed by atoms with Crippen molar-refractivity contribution in [2.24, 2.45) is 0 Å². The topological polar surface area (TPSA) is 21.3 Å². The molecule has 3 heteroatoms. The van der Waals surface area contributed by atoms with Gasteiger partial charge < -0.3 is 10.1 Å². The zero-order chi connectivity index (χ0) is 13.9. The fraction of sp³-hybridized carbons (Fsp3) is 0.500. The molecule has 19 heavy (non-hydrogen) atoms. The minimum absolute atomic E-state index is 0.351. The van der Waals surface area contributed by atoms with E-state index in [0.29, 0.717) is 12.6 Å². The van der Waals surface area contributed by atoms with Crippen LogP contribution in [0.15, 0.2) is 24.3 Å². The molecule has 0 spiro atoms. The van der Waals surface area contributed by atoms with Crippen molar-refractivity contribution in [2.75, 3.05) is 13.2 Å². The van der Waals surface area contributed by atoms with Gasteiger partial charge >= 0.3 is 0 Å². The van der Waals surface area contributed by atoms with Crippen molar-refractivity contribution in [3.8, 4) is 18.1 Å². The average molecular weight is 280 g/mol. The second-order valence-electron chi connectivity index (χ2n) is 4.51. The van der Waals surface area contributed by atoms with Crippen LogP contribution in [0.25, 0.3) is 0 Å². The molecule has 0 aliphatic rings. The van der Waals surface area contributed by atoms with Crippen LogP contribution >= 0.6 is 11.6 Å². The summed E-state index contributed by atoms with van der Waals surface area (Å²) in [4.78, 5) is 0. The van der Waals surface area contributed by atoms with Gasteiger partial charge in [0.05, 0.1) is 0 Å². The number of rotatable bonds is 9. The molecule has 1 atom stereocenters. The number of ether oxygens (including phenoxy) is 1. The van der Waals surface area contributed by atoms with E-state index in [1.807, 2.05) is 24.3 Å². The fourth-order valence-electron chi connectivity index (χ4n) is 1.77. The Labute approximate surface area is 121 Å². The van der Waals surface area contributed by atoms with E-state index in [1.54, 1.807) is 0 Å². The van der Waals surface area contributed by atoms with E-state index in [2.05, 4.69) is 18.2 Å². The molecular formula is C16H22ClNO. The largest absolute Gasteiger partial charge is 0.492 e. The lowest BCUT2D eigenvalue weighted by Crippen LogP contribution is -2.35. The van der Waals surface area contributed by atoms with Gasteiger partial charge in [-0.1, -0.05) is 18.5 Å². The third-order valence-electron chi connectivity index (χ3n) is 2.82. The van der Waals surface area contributed by atoms with Crippen molar-refractivity contribution < 1.29 is 4.74 Å². The van der Waals surface area contributed by atoms with Crippen LogP contribution in [-0.4, -0.2) is 19.2 Å². The van der Waals surface area contributed by atoms with Crippen molar-refractivity contribution >= 4 is 11.6 Å². The Bertz CT molecular complexity index is 383. The maximum atomic E-state index is 5.84. The van der Waals surface area contributed by atoms with Crippen LogP contribution in [0.5, 0.6) is 5.75 Å². The summed E-state index contributed by atoms with van der Waals surface area (Å²) in [5.74, 6) is 3.53. The fourth-order valence-corrected chi connectivity index (χ4v) is 1.90. The van der Waals surface area contributed by atoms with Gasteiger partial charge in [0, 0.05) is 17.5 Å². The first-order valence-corrected chi connectivity index (χ1v) is 7.19. The molecular weight excluding hydrogens is 258 g/mol. The van der Waals surface area contributed by atoms with E-state index in [1.165, 1.54) is 0 Å². The summed E-state index contributed by atoms with van der Waals surface area (Å²) < 4.78 is 5.78. The second kappa shape index (κ2) is 9.72. The van der Waals surface area contributed by atoms with Gasteiger partial charge in [-0.05, 0) is 50.1 Å². The lowest BCUT2D eigenvalue weighted by Gasteiger charge is -2.18. The molecule has 2 nitrogen and oxygen atoms in total. The number of halogens is 1. The molecule has 0 aliphatic carbocycles. The van der Waals surface area contributed by atoms with Crippen LogP contribution in [0.4, 0.5) is 0 Å². The van der Waals surface area contributed by atoms with Crippen LogP contribution < -0.4 is 10.1 Å². The van der Waals surface area contributed by atoms with Crippen LogP contribution in [0.1, 0.15) is 32.6 Å². The quantitative estimate of drug-likeness (QED) is 0.547. The predicted molar refractivity (Wildman–Crippen MR) is 81.7 cm³/mol. The van der Waals surface area contributed by atoms with Crippen molar-refractivity contribution in [3.05, 3.63) is 29.3 Å². The molecule has 0 aromatic heterocycles. The van der Waals surface area contributed by atoms with Crippen molar-refractivity contribution in [2.45, 2.75) is 38.6 Å². The molecule has 104 valence electrons. The van der Waals surface area contributed by atoms with Gasteiger partial charge in [0.1, 0.15) is 12.4 Å². The maximum absolute atomic E-state index is 5.84. The highest BCUT2D eigenvalue weighted by Crippen LogP contribution is 2.16. The number of nitrogens with one attached hydrogen (secondary N) is 1. The van der Waals surface area contributed by atoms with Crippen molar-refractivity contribution in [1.29, 1.82) is 0 Å². The summed E-state index contributed by atoms with van der Waals surface area (Å²) in [5.41, 5.74) is 0. The van der Waals surface area contributed by atoms with Crippen molar-refractivity contribution in [1.82, 2.24) is 5.32 Å². The van der Waals surface area contributed by atoms with Crippen molar-refractivity contribution in [3.63, 3.8) is 0 Å². The van der Waals surface area contributed by atoms with Gasteiger partial charge in [0.25, 0.3) is 0 Å². The zero-order valence-corrected chi connectivity index (χ0v) is 12.2. The average Bonchev–Trinajstić information content (AvgIpc) is 2.43. The van der Waals surface area contributed by atoms with E-state index in [9.17, 15) is 0 Å². The summed E-state index contributed by atoms with van der Waals surface area (Å²) >= 11 is 5.84. The first-order chi connectivity index (χ1) is 9.26. The van der Waals surface area contributed by atoms with E-state index in [0.717, 1.165) is 43.0 Å². The molecule has 0 saturated heterocycles. The minimum Gasteiger partial charge on any atom is -0.492 e. The van der Waals surface area contributed by atoms with E-state index in [-0.39, 0.29) is 0 Å². The van der Waals surface area contributed by atoms with Gasteiger partial charge in [0.2, 0.25) is 0 Å². The first kappa shape index (κ1) is 15.9. The van der Waals surface area contributed by atoms with Gasteiger partial charge in [-0.15, -0.1) is 12.3 Å². The first-order valence-electron chi connectivity index (χ1n) is 6.81. The Kier molecular flexibility index (Phi) is 8.13. The maximum Gasteiger partial charge on any atom is 0.119 e. The molecule has 0 bridgehead atoms. The molecule has 1 rings (SSSR count). The van der Waals surface area contributed by atoms with Gasteiger partial charge in [-0.25, -0.2) is 0 Å². The lowest BCUT2D eigenvalue weighted by molar-refractivity contribution is 0.255. The number of unbranched alkanes of at least 4 members (excludes halogenated alkanes) is 1. The summed E-state index contributed by atoms with van der Waals surface area (Å²) in [7, 11) is 0. The second-order valence-corrected chi connectivity index (χ2v) is 4.95. The Morgan fingerprint density at radius 2 is 2.11 bits per heavy atom. The van der Waals surface area contributed by atoms with Crippen LogP contribution in [0, 0.1) is 12.3 Å².